The number of hydrogen-bond acceptors (Lipinski definition) is 3. The lowest BCUT2D eigenvalue weighted by Gasteiger charge is -2.22. The van der Waals surface area contributed by atoms with Gasteiger partial charge in [0.1, 0.15) is 11.4 Å². The van der Waals surface area contributed by atoms with Crippen molar-refractivity contribution in [2.24, 2.45) is 0 Å². The van der Waals surface area contributed by atoms with E-state index in [0.29, 0.717) is 6.42 Å². The zero-order chi connectivity index (χ0) is 11.5. The molecule has 2 aliphatic rings. The Morgan fingerprint density at radius 1 is 1.31 bits per heavy atom. The minimum absolute atomic E-state index is 0.00867. The van der Waals surface area contributed by atoms with E-state index in [-0.39, 0.29) is 22.6 Å². The minimum atomic E-state index is -1.01. The molecule has 0 spiro atoms. The predicted octanol–water partition coefficient (Wildman–Crippen LogP) is 2.19. The van der Waals surface area contributed by atoms with Gasteiger partial charge in [-0.25, -0.2) is 0 Å². The van der Waals surface area contributed by atoms with Crippen LogP contribution in [-0.2, 0) is 20.3 Å². The van der Waals surface area contributed by atoms with Gasteiger partial charge in [-0.2, -0.15) is 0 Å². The van der Waals surface area contributed by atoms with E-state index in [4.69, 9.17) is 4.74 Å². The molecule has 3 atom stereocenters. The maximum atomic E-state index is 12.3. The van der Waals surface area contributed by atoms with E-state index in [9.17, 15) is 9.00 Å². The fourth-order valence-corrected chi connectivity index (χ4v) is 4.89. The van der Waals surface area contributed by atoms with Crippen LogP contribution in [0.1, 0.15) is 38.5 Å². The molecule has 5 heteroatoms. The quantitative estimate of drug-likeness (QED) is 0.442. The molecule has 2 fully saturated rings. The molecule has 1 aliphatic carbocycles. The average molecular weight is 356 g/mol. The van der Waals surface area contributed by atoms with E-state index in [1.807, 2.05) is 0 Å². The molecule has 0 amide bonds. The lowest BCUT2D eigenvalue weighted by Crippen LogP contribution is -2.30. The monoisotopic (exact) mass is 356 g/mol. The van der Waals surface area contributed by atoms with Crippen molar-refractivity contribution in [3.63, 3.8) is 0 Å². The fraction of sp³-hybridized carbons (Fsp3) is 0.909. The van der Waals surface area contributed by atoms with Crippen LogP contribution in [0.2, 0.25) is 0 Å². The first-order valence-corrected chi connectivity index (χ1v) is 8.68. The van der Waals surface area contributed by atoms with Crippen LogP contribution in [0.3, 0.4) is 0 Å². The van der Waals surface area contributed by atoms with E-state index < -0.39 is 10.8 Å². The normalized spacial score (nSPS) is 33.7. The fourth-order valence-electron chi connectivity index (χ4n) is 2.44. The first-order valence-electron chi connectivity index (χ1n) is 5.88. The zero-order valence-corrected chi connectivity index (χ0v) is 12.2. The van der Waals surface area contributed by atoms with E-state index in [0.717, 1.165) is 30.1 Å². The van der Waals surface area contributed by atoms with Crippen LogP contribution < -0.4 is 0 Å². The molecule has 0 bridgehead atoms. The second kappa shape index (κ2) is 5.80. The second-order valence-corrected chi connectivity index (χ2v) is 7.30. The molecule has 0 aromatic heterocycles. The molecule has 0 radical (unpaired) electrons. The van der Waals surface area contributed by atoms with Gasteiger partial charge in [-0.05, 0) is 12.8 Å². The van der Waals surface area contributed by atoms with Crippen molar-refractivity contribution in [1.82, 2.24) is 0 Å². The minimum Gasteiger partial charge on any atom is -0.461 e. The Balaban J connectivity index is 1.96. The Bertz CT molecular complexity index is 289. The van der Waals surface area contributed by atoms with Crippen LogP contribution in [0.15, 0.2) is 0 Å². The van der Waals surface area contributed by atoms with Crippen LogP contribution in [0.5, 0.6) is 0 Å². The molecule has 3 nitrogen and oxygen atoms in total. The van der Waals surface area contributed by atoms with E-state index in [1.54, 1.807) is 0 Å². The summed E-state index contributed by atoms with van der Waals surface area (Å²) < 4.78 is 18.3. The number of carbonyl (C=O) groups is 1. The largest absolute Gasteiger partial charge is 0.461 e. The SMILES string of the molecule is O=C1O[C@@H](CI)C[C@@H]1S(=O)C1CCCCC1. The van der Waals surface area contributed by atoms with Gasteiger partial charge in [0.05, 0.1) is 0 Å². The molecular formula is C11H17IO3S. The molecule has 16 heavy (non-hydrogen) atoms. The summed E-state index contributed by atoms with van der Waals surface area (Å²) in [5.74, 6) is -0.231. The highest BCUT2D eigenvalue weighted by molar-refractivity contribution is 14.1. The third-order valence-corrected chi connectivity index (χ3v) is 6.41. The number of alkyl halides is 1. The second-order valence-electron chi connectivity index (χ2n) is 4.53. The number of halogens is 1. The van der Waals surface area contributed by atoms with Crippen molar-refractivity contribution in [1.29, 1.82) is 0 Å². The maximum absolute atomic E-state index is 12.3. The Morgan fingerprint density at radius 2 is 2.00 bits per heavy atom. The van der Waals surface area contributed by atoms with E-state index >= 15 is 0 Å². The molecule has 1 saturated heterocycles. The lowest BCUT2D eigenvalue weighted by molar-refractivity contribution is -0.140. The highest BCUT2D eigenvalue weighted by Gasteiger charge is 2.40. The van der Waals surface area contributed by atoms with Crippen molar-refractivity contribution in [2.45, 2.75) is 55.1 Å². The van der Waals surface area contributed by atoms with Crippen molar-refractivity contribution in [3.05, 3.63) is 0 Å². The van der Waals surface area contributed by atoms with Gasteiger partial charge in [0, 0.05) is 26.9 Å². The summed E-state index contributed by atoms with van der Waals surface area (Å²) in [6.45, 7) is 0. The third kappa shape index (κ3) is 2.78. The molecule has 2 rings (SSSR count). The molecule has 0 aromatic rings. The molecule has 1 unspecified atom stereocenters. The molecule has 1 aliphatic heterocycles. The number of ether oxygens (including phenoxy) is 1. The van der Waals surface area contributed by atoms with Crippen molar-refractivity contribution in [3.8, 4) is 0 Å². The number of carbonyl (C=O) groups excluding carboxylic acids is 1. The van der Waals surface area contributed by atoms with Gasteiger partial charge in [0.2, 0.25) is 0 Å². The molecule has 0 aromatic carbocycles. The first-order chi connectivity index (χ1) is 7.72. The van der Waals surface area contributed by atoms with Gasteiger partial charge >= 0.3 is 5.97 Å². The van der Waals surface area contributed by atoms with Gasteiger partial charge in [0.15, 0.2) is 0 Å². The van der Waals surface area contributed by atoms with Crippen LogP contribution in [0.4, 0.5) is 0 Å². The summed E-state index contributed by atoms with van der Waals surface area (Å²) in [5.41, 5.74) is 0. The number of esters is 1. The Hall–Kier alpha value is 0.350. The van der Waals surface area contributed by atoms with E-state index in [2.05, 4.69) is 22.6 Å². The van der Waals surface area contributed by atoms with Gasteiger partial charge in [-0.3, -0.25) is 9.00 Å². The molecule has 1 saturated carbocycles. The summed E-state index contributed by atoms with van der Waals surface area (Å²) >= 11 is 2.21. The van der Waals surface area contributed by atoms with Crippen molar-refractivity contribution in [2.75, 3.05) is 4.43 Å². The number of hydrogen-bond donors (Lipinski definition) is 0. The lowest BCUT2D eigenvalue weighted by atomic mass is 10.0. The topological polar surface area (TPSA) is 43.4 Å². The summed E-state index contributed by atoms with van der Waals surface area (Å²) in [6.07, 6.45) is 6.26. The molecule has 1 heterocycles. The van der Waals surface area contributed by atoms with Crippen molar-refractivity contribution < 1.29 is 13.7 Å². The summed E-state index contributed by atoms with van der Waals surface area (Å²) in [4.78, 5) is 11.6. The summed E-state index contributed by atoms with van der Waals surface area (Å²) in [6, 6.07) is 0. The summed E-state index contributed by atoms with van der Waals surface area (Å²) in [5, 5.41) is -0.109. The summed E-state index contributed by atoms with van der Waals surface area (Å²) in [7, 11) is -1.01. The Morgan fingerprint density at radius 3 is 2.56 bits per heavy atom. The van der Waals surface area contributed by atoms with Crippen LogP contribution in [-0.4, -0.2) is 31.2 Å². The number of cyclic esters (lactones) is 1. The van der Waals surface area contributed by atoms with Gasteiger partial charge in [0.25, 0.3) is 0 Å². The van der Waals surface area contributed by atoms with E-state index in [1.165, 1.54) is 6.42 Å². The number of rotatable bonds is 3. The predicted molar refractivity (Wildman–Crippen MR) is 72.2 cm³/mol. The van der Waals surface area contributed by atoms with Crippen LogP contribution in [0.25, 0.3) is 0 Å². The molecular weight excluding hydrogens is 339 g/mol. The molecule has 92 valence electrons. The Kier molecular flexibility index (Phi) is 4.64. The van der Waals surface area contributed by atoms with Gasteiger partial charge in [-0.1, -0.05) is 41.9 Å². The third-order valence-electron chi connectivity index (χ3n) is 3.36. The first kappa shape index (κ1) is 12.8. The highest BCUT2D eigenvalue weighted by Crippen LogP contribution is 2.29. The van der Waals surface area contributed by atoms with Crippen LogP contribution >= 0.6 is 22.6 Å². The van der Waals surface area contributed by atoms with Gasteiger partial charge < -0.3 is 4.74 Å². The maximum Gasteiger partial charge on any atom is 0.322 e. The highest BCUT2D eigenvalue weighted by atomic mass is 127. The average Bonchev–Trinajstić information content (AvgIpc) is 2.71. The molecule has 0 N–H and O–H groups in total. The van der Waals surface area contributed by atoms with Gasteiger partial charge in [-0.15, -0.1) is 0 Å². The zero-order valence-electron chi connectivity index (χ0n) is 9.19. The standard InChI is InChI=1S/C11H17IO3S/c12-7-8-6-10(11(13)15-8)16(14)9-4-2-1-3-5-9/h8-10H,1-7H2/t8-,10+,16?/m1/s1. The Labute approximate surface area is 112 Å². The van der Waals surface area contributed by atoms with Crippen molar-refractivity contribution >= 4 is 39.4 Å². The van der Waals surface area contributed by atoms with Crippen LogP contribution in [0, 0.1) is 0 Å². The smallest absolute Gasteiger partial charge is 0.322 e.